The molecule has 0 spiro atoms. The number of halogens is 1. The highest BCUT2D eigenvalue weighted by Gasteiger charge is 2.45. The van der Waals surface area contributed by atoms with Crippen molar-refractivity contribution in [3.63, 3.8) is 0 Å². The third-order valence-electron chi connectivity index (χ3n) is 3.71. The standard InChI is InChI=1S/C16H18FN3OS/c1-9(2)7-14-19-20-16(22-14)18-15(21)12-8-11(12)10-5-3-4-6-13(10)17/h3-6,9,11-12H,7-8H2,1-2H3,(H,18,20,21). The topological polar surface area (TPSA) is 54.9 Å². The average molecular weight is 319 g/mol. The van der Waals surface area contributed by atoms with Crippen molar-refractivity contribution < 1.29 is 9.18 Å². The van der Waals surface area contributed by atoms with E-state index in [1.54, 1.807) is 18.2 Å². The molecule has 1 aromatic carbocycles. The van der Waals surface area contributed by atoms with Crippen LogP contribution in [0.15, 0.2) is 24.3 Å². The number of benzene rings is 1. The lowest BCUT2D eigenvalue weighted by Gasteiger charge is -2.02. The molecule has 0 bridgehead atoms. The Kier molecular flexibility index (Phi) is 4.20. The lowest BCUT2D eigenvalue weighted by molar-refractivity contribution is -0.117. The van der Waals surface area contributed by atoms with E-state index in [1.807, 2.05) is 0 Å². The van der Waals surface area contributed by atoms with Gasteiger partial charge >= 0.3 is 0 Å². The molecule has 116 valence electrons. The Balaban J connectivity index is 1.60. The Hall–Kier alpha value is -1.82. The molecule has 1 heterocycles. The molecule has 1 N–H and O–H groups in total. The van der Waals surface area contributed by atoms with Gasteiger partial charge in [-0.15, -0.1) is 10.2 Å². The number of carbonyl (C=O) groups excluding carboxylic acids is 1. The van der Waals surface area contributed by atoms with Gasteiger partial charge in [-0.05, 0) is 29.9 Å². The zero-order valence-electron chi connectivity index (χ0n) is 12.5. The van der Waals surface area contributed by atoms with E-state index in [0.717, 1.165) is 11.4 Å². The fourth-order valence-corrected chi connectivity index (χ4v) is 3.49. The van der Waals surface area contributed by atoms with E-state index in [9.17, 15) is 9.18 Å². The van der Waals surface area contributed by atoms with Gasteiger partial charge in [-0.3, -0.25) is 4.79 Å². The number of hydrogen-bond donors (Lipinski definition) is 1. The number of anilines is 1. The molecule has 6 heteroatoms. The molecule has 1 fully saturated rings. The summed E-state index contributed by atoms with van der Waals surface area (Å²) in [6.45, 7) is 4.23. The Morgan fingerprint density at radius 1 is 1.41 bits per heavy atom. The first-order valence-electron chi connectivity index (χ1n) is 7.42. The maximum Gasteiger partial charge on any atom is 0.229 e. The van der Waals surface area contributed by atoms with Gasteiger partial charge in [0.25, 0.3) is 0 Å². The largest absolute Gasteiger partial charge is 0.300 e. The molecule has 4 nitrogen and oxygen atoms in total. The molecule has 2 aromatic rings. The summed E-state index contributed by atoms with van der Waals surface area (Å²) in [5.41, 5.74) is 0.625. The molecular formula is C16H18FN3OS. The van der Waals surface area contributed by atoms with Crippen molar-refractivity contribution in [1.29, 1.82) is 0 Å². The summed E-state index contributed by atoms with van der Waals surface area (Å²) in [7, 11) is 0. The van der Waals surface area contributed by atoms with Crippen LogP contribution in [0.5, 0.6) is 0 Å². The molecule has 0 radical (unpaired) electrons. The Morgan fingerprint density at radius 2 is 2.18 bits per heavy atom. The molecule has 0 saturated heterocycles. The van der Waals surface area contributed by atoms with Gasteiger partial charge in [-0.1, -0.05) is 43.4 Å². The Bertz CT molecular complexity index is 686. The minimum atomic E-state index is -0.238. The Morgan fingerprint density at radius 3 is 2.91 bits per heavy atom. The van der Waals surface area contributed by atoms with E-state index in [4.69, 9.17) is 0 Å². The molecule has 0 aliphatic heterocycles. The molecule has 1 aliphatic rings. The summed E-state index contributed by atoms with van der Waals surface area (Å²) in [4.78, 5) is 12.2. The van der Waals surface area contributed by atoms with Crippen LogP contribution in [0.25, 0.3) is 0 Å². The smallest absolute Gasteiger partial charge is 0.229 e. The fourth-order valence-electron chi connectivity index (χ4n) is 2.54. The van der Waals surface area contributed by atoms with Gasteiger partial charge in [0, 0.05) is 12.3 Å². The summed E-state index contributed by atoms with van der Waals surface area (Å²) in [6, 6.07) is 6.65. The second kappa shape index (κ2) is 6.12. The minimum absolute atomic E-state index is 0.0238. The normalized spacial score (nSPS) is 20.2. The predicted molar refractivity (Wildman–Crippen MR) is 84.3 cm³/mol. The van der Waals surface area contributed by atoms with Crippen LogP contribution in [-0.2, 0) is 11.2 Å². The minimum Gasteiger partial charge on any atom is -0.300 e. The monoisotopic (exact) mass is 319 g/mol. The third kappa shape index (κ3) is 3.32. The second-order valence-corrected chi connectivity index (χ2v) is 7.12. The number of carbonyl (C=O) groups is 1. The van der Waals surface area contributed by atoms with Crippen LogP contribution in [0.4, 0.5) is 9.52 Å². The van der Waals surface area contributed by atoms with Crippen molar-refractivity contribution in [2.75, 3.05) is 5.32 Å². The van der Waals surface area contributed by atoms with Crippen LogP contribution in [0, 0.1) is 17.7 Å². The number of aromatic nitrogens is 2. The maximum absolute atomic E-state index is 13.7. The van der Waals surface area contributed by atoms with Crippen molar-refractivity contribution in [2.45, 2.75) is 32.6 Å². The maximum atomic E-state index is 13.7. The van der Waals surface area contributed by atoms with E-state index in [2.05, 4.69) is 29.4 Å². The number of rotatable bonds is 5. The molecule has 22 heavy (non-hydrogen) atoms. The SMILES string of the molecule is CC(C)Cc1nnc(NC(=O)C2CC2c2ccccc2F)s1. The van der Waals surface area contributed by atoms with Crippen LogP contribution in [0.3, 0.4) is 0 Å². The van der Waals surface area contributed by atoms with Gasteiger partial charge in [-0.2, -0.15) is 0 Å². The lowest BCUT2D eigenvalue weighted by atomic mass is 10.1. The van der Waals surface area contributed by atoms with Gasteiger partial charge in [0.15, 0.2) is 0 Å². The zero-order chi connectivity index (χ0) is 15.7. The summed E-state index contributed by atoms with van der Waals surface area (Å²) in [5, 5.41) is 12.3. The van der Waals surface area contributed by atoms with Crippen molar-refractivity contribution in [3.8, 4) is 0 Å². The van der Waals surface area contributed by atoms with Gasteiger partial charge in [0.05, 0.1) is 0 Å². The van der Waals surface area contributed by atoms with Crippen LogP contribution in [0.2, 0.25) is 0 Å². The first-order valence-corrected chi connectivity index (χ1v) is 8.24. The zero-order valence-corrected chi connectivity index (χ0v) is 13.4. The summed E-state index contributed by atoms with van der Waals surface area (Å²) >= 11 is 1.41. The van der Waals surface area contributed by atoms with Gasteiger partial charge < -0.3 is 5.32 Å². The van der Waals surface area contributed by atoms with Crippen molar-refractivity contribution in [2.24, 2.45) is 11.8 Å². The molecule has 1 saturated carbocycles. The highest BCUT2D eigenvalue weighted by atomic mass is 32.1. The highest BCUT2D eigenvalue weighted by Crippen LogP contribution is 2.48. The lowest BCUT2D eigenvalue weighted by Crippen LogP contribution is -2.14. The average Bonchev–Trinajstić information content (AvgIpc) is 3.14. The summed E-state index contributed by atoms with van der Waals surface area (Å²) in [5.74, 6) is -0.0255. The number of nitrogens with one attached hydrogen (secondary N) is 1. The molecule has 1 amide bonds. The fraction of sp³-hybridized carbons (Fsp3) is 0.438. The van der Waals surface area contributed by atoms with Gasteiger partial charge in [-0.25, -0.2) is 4.39 Å². The first kappa shape index (κ1) is 15.1. The third-order valence-corrected chi connectivity index (χ3v) is 4.57. The first-order chi connectivity index (χ1) is 10.5. The van der Waals surface area contributed by atoms with E-state index in [1.165, 1.54) is 17.4 Å². The van der Waals surface area contributed by atoms with Gasteiger partial charge in [0.1, 0.15) is 10.8 Å². The molecule has 1 aliphatic carbocycles. The van der Waals surface area contributed by atoms with Crippen LogP contribution in [-0.4, -0.2) is 16.1 Å². The van der Waals surface area contributed by atoms with E-state index in [0.29, 0.717) is 23.0 Å². The van der Waals surface area contributed by atoms with E-state index in [-0.39, 0.29) is 23.6 Å². The van der Waals surface area contributed by atoms with Crippen molar-refractivity contribution in [1.82, 2.24) is 10.2 Å². The van der Waals surface area contributed by atoms with Crippen molar-refractivity contribution in [3.05, 3.63) is 40.7 Å². The highest BCUT2D eigenvalue weighted by molar-refractivity contribution is 7.15. The van der Waals surface area contributed by atoms with E-state index >= 15 is 0 Å². The van der Waals surface area contributed by atoms with E-state index < -0.39 is 0 Å². The van der Waals surface area contributed by atoms with Crippen LogP contribution in [0.1, 0.15) is 36.8 Å². The van der Waals surface area contributed by atoms with Crippen LogP contribution < -0.4 is 5.32 Å². The number of nitrogens with zero attached hydrogens (tertiary/aromatic N) is 2. The second-order valence-electron chi connectivity index (χ2n) is 6.06. The molecule has 2 atom stereocenters. The quantitative estimate of drug-likeness (QED) is 0.916. The van der Waals surface area contributed by atoms with Gasteiger partial charge in [0.2, 0.25) is 11.0 Å². The summed E-state index contributed by atoms with van der Waals surface area (Å²) < 4.78 is 13.7. The molecule has 3 rings (SSSR count). The molecule has 2 unspecified atom stereocenters. The van der Waals surface area contributed by atoms with Crippen molar-refractivity contribution >= 4 is 22.4 Å². The molecular weight excluding hydrogens is 301 g/mol. The van der Waals surface area contributed by atoms with Crippen LogP contribution >= 0.6 is 11.3 Å². The Labute approximate surface area is 132 Å². The predicted octanol–water partition coefficient (Wildman–Crippen LogP) is 3.62. The number of hydrogen-bond acceptors (Lipinski definition) is 4. The summed E-state index contributed by atoms with van der Waals surface area (Å²) in [6.07, 6.45) is 1.54. The number of amides is 1. The molecule has 1 aromatic heterocycles.